The zero-order valence-electron chi connectivity index (χ0n) is 17.2. The molecule has 31 heavy (non-hydrogen) atoms. The number of aldehydes is 1. The van der Waals surface area contributed by atoms with Crippen LogP contribution < -0.4 is 5.73 Å². The second-order valence-corrected chi connectivity index (χ2v) is 7.77. The van der Waals surface area contributed by atoms with Gasteiger partial charge < -0.3 is 15.4 Å². The predicted molar refractivity (Wildman–Crippen MR) is 119 cm³/mol. The SMILES string of the molecule is CN=CC(C(=O)O)=C(N)CN(C)/N=C\c1c(C=O)n(C)c2nc(Cc3ccn[nH]3)sc12. The third-order valence-electron chi connectivity index (χ3n) is 4.48. The first-order valence-corrected chi connectivity index (χ1v) is 9.98. The first-order chi connectivity index (χ1) is 14.8. The summed E-state index contributed by atoms with van der Waals surface area (Å²) in [4.78, 5) is 31.3. The standard InChI is InChI=1S/C19H22N8O3S/c1-21-7-12(19(29)30)14(20)9-26(2)23-8-13-15(10-28)27(3)18-17(13)31-16(24-18)6-11-4-5-22-25-11/h4-5,7-8,10H,6,9,20H2,1-3H3,(H,22,25)(H,29,30)/b14-12?,21-7?,23-8-. The second kappa shape index (κ2) is 9.34. The van der Waals surface area contributed by atoms with Gasteiger partial charge in [0.2, 0.25) is 0 Å². The fourth-order valence-corrected chi connectivity index (χ4v) is 4.13. The number of hydrazone groups is 1. The highest BCUT2D eigenvalue weighted by molar-refractivity contribution is 7.19. The number of carbonyl (C=O) groups excluding carboxylic acids is 1. The number of fused-ring (bicyclic) bond motifs is 1. The molecule has 0 aliphatic carbocycles. The molecule has 0 aliphatic rings. The van der Waals surface area contributed by atoms with Crippen LogP contribution in [0, 0.1) is 0 Å². The Morgan fingerprint density at radius 1 is 1.48 bits per heavy atom. The van der Waals surface area contributed by atoms with Crippen molar-refractivity contribution in [1.82, 2.24) is 24.8 Å². The quantitative estimate of drug-likeness (QED) is 0.193. The number of carboxylic acids is 1. The van der Waals surface area contributed by atoms with Crippen LogP contribution in [0.25, 0.3) is 10.3 Å². The van der Waals surface area contributed by atoms with Gasteiger partial charge in [-0.2, -0.15) is 10.2 Å². The predicted octanol–water partition coefficient (Wildman–Crippen LogP) is 1.02. The van der Waals surface area contributed by atoms with Gasteiger partial charge in [0, 0.05) is 56.9 Å². The summed E-state index contributed by atoms with van der Waals surface area (Å²) >= 11 is 1.48. The largest absolute Gasteiger partial charge is 0.478 e. The lowest BCUT2D eigenvalue weighted by Crippen LogP contribution is -2.23. The van der Waals surface area contributed by atoms with Crippen molar-refractivity contribution in [3.05, 3.63) is 45.5 Å². The van der Waals surface area contributed by atoms with Gasteiger partial charge in [-0.05, 0) is 6.07 Å². The molecule has 3 aromatic rings. The van der Waals surface area contributed by atoms with E-state index in [-0.39, 0.29) is 17.8 Å². The minimum atomic E-state index is -1.16. The van der Waals surface area contributed by atoms with Crippen LogP contribution >= 0.6 is 11.3 Å². The molecule has 162 valence electrons. The number of nitrogens with zero attached hydrogens (tertiary/aromatic N) is 6. The molecule has 3 aromatic heterocycles. The highest BCUT2D eigenvalue weighted by Gasteiger charge is 2.19. The number of rotatable bonds is 9. The molecule has 0 aromatic carbocycles. The van der Waals surface area contributed by atoms with Crippen molar-refractivity contribution in [3.63, 3.8) is 0 Å². The summed E-state index contributed by atoms with van der Waals surface area (Å²) in [7, 11) is 4.90. The topological polar surface area (TPSA) is 155 Å². The van der Waals surface area contributed by atoms with Crippen LogP contribution in [0.15, 0.2) is 33.6 Å². The molecule has 0 saturated carbocycles. The Balaban J connectivity index is 1.89. The van der Waals surface area contributed by atoms with Crippen LogP contribution in [-0.2, 0) is 18.3 Å². The van der Waals surface area contributed by atoms with Crippen molar-refractivity contribution in [2.24, 2.45) is 22.9 Å². The van der Waals surface area contributed by atoms with Gasteiger partial charge in [-0.25, -0.2) is 9.78 Å². The number of carbonyl (C=O) groups is 2. The Morgan fingerprint density at radius 3 is 2.87 bits per heavy atom. The Morgan fingerprint density at radius 2 is 2.26 bits per heavy atom. The van der Waals surface area contributed by atoms with Crippen LogP contribution in [0.3, 0.4) is 0 Å². The maximum Gasteiger partial charge on any atom is 0.339 e. The molecule has 12 heteroatoms. The lowest BCUT2D eigenvalue weighted by Gasteiger charge is -2.13. The number of aromatic amines is 1. The highest BCUT2D eigenvalue weighted by Crippen LogP contribution is 2.30. The van der Waals surface area contributed by atoms with E-state index >= 15 is 0 Å². The molecular weight excluding hydrogens is 420 g/mol. The molecule has 11 nitrogen and oxygen atoms in total. The number of hydrogen-bond donors (Lipinski definition) is 3. The number of H-pyrrole nitrogens is 1. The third-order valence-corrected chi connectivity index (χ3v) is 5.56. The molecule has 0 atom stereocenters. The number of aliphatic carboxylic acids is 1. The van der Waals surface area contributed by atoms with E-state index in [2.05, 4.69) is 25.3 Å². The minimum absolute atomic E-state index is 0.0737. The minimum Gasteiger partial charge on any atom is -0.478 e. The van der Waals surface area contributed by atoms with Gasteiger partial charge in [0.15, 0.2) is 11.9 Å². The highest BCUT2D eigenvalue weighted by atomic mass is 32.1. The van der Waals surface area contributed by atoms with E-state index in [1.165, 1.54) is 29.6 Å². The number of aromatic nitrogens is 4. The van der Waals surface area contributed by atoms with Gasteiger partial charge in [0.05, 0.1) is 28.7 Å². The number of carboxylic acid groups (broad SMARTS) is 1. The Hall–Kier alpha value is -3.80. The third kappa shape index (κ3) is 4.69. The zero-order valence-corrected chi connectivity index (χ0v) is 18.1. The van der Waals surface area contributed by atoms with Gasteiger partial charge in [-0.3, -0.25) is 19.9 Å². The lowest BCUT2D eigenvalue weighted by atomic mass is 10.2. The maximum absolute atomic E-state index is 11.7. The number of aryl methyl sites for hydroxylation is 1. The summed E-state index contributed by atoms with van der Waals surface area (Å²) in [5.41, 5.74) is 8.66. The summed E-state index contributed by atoms with van der Waals surface area (Å²) in [5.74, 6) is -1.16. The summed E-state index contributed by atoms with van der Waals surface area (Å²) < 4.78 is 2.56. The average molecular weight is 443 g/mol. The van der Waals surface area contributed by atoms with E-state index < -0.39 is 5.97 Å². The number of thiazole rings is 1. The number of hydrogen-bond acceptors (Lipinski definition) is 9. The fourth-order valence-electron chi connectivity index (χ4n) is 2.99. The first-order valence-electron chi connectivity index (χ1n) is 9.16. The second-order valence-electron chi connectivity index (χ2n) is 6.69. The number of aliphatic imine (C=N–C) groups is 1. The van der Waals surface area contributed by atoms with E-state index in [9.17, 15) is 14.7 Å². The molecule has 0 fully saturated rings. The van der Waals surface area contributed by atoms with Gasteiger partial charge in [-0.15, -0.1) is 11.3 Å². The van der Waals surface area contributed by atoms with Gasteiger partial charge >= 0.3 is 5.97 Å². The van der Waals surface area contributed by atoms with E-state index in [1.807, 2.05) is 6.07 Å². The lowest BCUT2D eigenvalue weighted by molar-refractivity contribution is -0.132. The molecule has 4 N–H and O–H groups in total. The van der Waals surface area contributed by atoms with Crippen LogP contribution in [0.1, 0.15) is 26.8 Å². The smallest absolute Gasteiger partial charge is 0.339 e. The molecule has 0 aliphatic heterocycles. The first kappa shape index (κ1) is 21.9. The normalized spacial score (nSPS) is 12.7. The number of nitrogens with one attached hydrogen (secondary N) is 1. The van der Waals surface area contributed by atoms with Gasteiger partial charge in [0.1, 0.15) is 5.01 Å². The molecule has 0 saturated heterocycles. The molecular formula is C19H22N8O3S. The molecule has 0 unspecified atom stereocenters. The average Bonchev–Trinajstić information content (AvgIpc) is 3.43. The van der Waals surface area contributed by atoms with E-state index in [0.717, 1.165) is 21.7 Å². The number of nitrogens with two attached hydrogens (primary N) is 1. The van der Waals surface area contributed by atoms with Crippen molar-refractivity contribution in [2.75, 3.05) is 20.6 Å². The van der Waals surface area contributed by atoms with E-state index in [1.54, 1.807) is 31.1 Å². The van der Waals surface area contributed by atoms with Crippen molar-refractivity contribution in [1.29, 1.82) is 0 Å². The van der Waals surface area contributed by atoms with Crippen LogP contribution in [-0.4, -0.2) is 75.2 Å². The van der Waals surface area contributed by atoms with Crippen molar-refractivity contribution < 1.29 is 14.7 Å². The molecule has 0 bridgehead atoms. The Kier molecular flexibility index (Phi) is 6.60. The zero-order chi connectivity index (χ0) is 22.5. The van der Waals surface area contributed by atoms with E-state index in [4.69, 9.17) is 5.73 Å². The summed E-state index contributed by atoms with van der Waals surface area (Å²) in [6.07, 6.45) is 5.80. The summed E-state index contributed by atoms with van der Waals surface area (Å²) in [6, 6.07) is 1.88. The number of likely N-dealkylation sites (N-methyl/N-ethyl adjacent to an activating group) is 1. The molecule has 0 spiro atoms. The maximum atomic E-state index is 11.7. The molecule has 3 rings (SSSR count). The monoisotopic (exact) mass is 442 g/mol. The fraction of sp³-hybridized carbons (Fsp3) is 0.263. The van der Waals surface area contributed by atoms with Crippen LogP contribution in [0.4, 0.5) is 0 Å². The molecule has 0 amide bonds. The summed E-state index contributed by atoms with van der Waals surface area (Å²) in [6.45, 7) is 0.0737. The summed E-state index contributed by atoms with van der Waals surface area (Å²) in [5, 5.41) is 22.8. The van der Waals surface area contributed by atoms with Crippen LogP contribution in [0.2, 0.25) is 0 Å². The molecule has 3 heterocycles. The Labute approximate surface area is 181 Å². The van der Waals surface area contributed by atoms with Crippen molar-refractivity contribution >= 4 is 46.4 Å². The van der Waals surface area contributed by atoms with E-state index in [0.29, 0.717) is 23.3 Å². The molecule has 0 radical (unpaired) electrons. The van der Waals surface area contributed by atoms with Crippen molar-refractivity contribution in [2.45, 2.75) is 6.42 Å². The van der Waals surface area contributed by atoms with Crippen molar-refractivity contribution in [3.8, 4) is 0 Å². The van der Waals surface area contributed by atoms with Crippen LogP contribution in [0.5, 0.6) is 0 Å². The Bertz CT molecular complexity index is 1190. The van der Waals surface area contributed by atoms with Gasteiger partial charge in [0.25, 0.3) is 0 Å². The van der Waals surface area contributed by atoms with Gasteiger partial charge in [-0.1, -0.05) is 0 Å².